The Morgan fingerprint density at radius 3 is 2.72 bits per heavy atom. The number of nitrogens with two attached hydrogens (primary N) is 2. The van der Waals surface area contributed by atoms with E-state index in [-0.39, 0.29) is 30.3 Å². The molecule has 2 rings (SSSR count). The van der Waals surface area contributed by atoms with Gasteiger partial charge in [0.15, 0.2) is 0 Å². The average Bonchev–Trinajstić information content (AvgIpc) is 2.95. The van der Waals surface area contributed by atoms with Crippen molar-refractivity contribution in [2.24, 2.45) is 11.5 Å². The van der Waals surface area contributed by atoms with Crippen LogP contribution in [0.4, 0.5) is 0 Å². The highest BCUT2D eigenvalue weighted by molar-refractivity contribution is 7.11. The monoisotopic (exact) mass is 268 g/mol. The molecule has 1 aromatic heterocycles. The van der Waals surface area contributed by atoms with Gasteiger partial charge in [0.1, 0.15) is 4.88 Å². The minimum Gasteiger partial charge on any atom is -0.370 e. The molecule has 0 aliphatic carbocycles. The molecule has 1 saturated heterocycles. The van der Waals surface area contributed by atoms with Crippen molar-refractivity contribution in [2.75, 3.05) is 6.54 Å². The van der Waals surface area contributed by atoms with Crippen LogP contribution in [-0.2, 0) is 4.79 Å². The molecular weight excluding hydrogens is 252 g/mol. The Bertz CT molecular complexity index is 434. The van der Waals surface area contributed by atoms with Gasteiger partial charge in [0, 0.05) is 25.0 Å². The SMILES string of the molecule is NC[C@@H]1CC[C@H](CC(N)=O)N1C(=O)c1cncs1. The quantitative estimate of drug-likeness (QED) is 0.799. The lowest BCUT2D eigenvalue weighted by atomic mass is 10.1. The number of carbonyl (C=O) groups is 2. The van der Waals surface area contributed by atoms with Crippen LogP contribution in [0.25, 0.3) is 0 Å². The maximum Gasteiger partial charge on any atom is 0.266 e. The van der Waals surface area contributed by atoms with Gasteiger partial charge >= 0.3 is 0 Å². The predicted octanol–water partition coefficient (Wildman–Crippen LogP) is -0.0496. The van der Waals surface area contributed by atoms with Crippen LogP contribution < -0.4 is 11.5 Å². The van der Waals surface area contributed by atoms with Crippen LogP contribution in [0.1, 0.15) is 28.9 Å². The summed E-state index contributed by atoms with van der Waals surface area (Å²) in [6.07, 6.45) is 3.33. The van der Waals surface area contributed by atoms with Crippen molar-refractivity contribution in [2.45, 2.75) is 31.3 Å². The highest BCUT2D eigenvalue weighted by Crippen LogP contribution is 2.28. The van der Waals surface area contributed by atoms with Gasteiger partial charge in [-0.2, -0.15) is 0 Å². The fourth-order valence-electron chi connectivity index (χ4n) is 2.41. The summed E-state index contributed by atoms with van der Waals surface area (Å²) in [6.45, 7) is 0.403. The normalized spacial score (nSPS) is 23.3. The minimum atomic E-state index is -0.389. The highest BCUT2D eigenvalue weighted by atomic mass is 32.1. The van der Waals surface area contributed by atoms with Gasteiger partial charge in [0.25, 0.3) is 5.91 Å². The van der Waals surface area contributed by atoms with Gasteiger partial charge in [-0.15, -0.1) is 11.3 Å². The van der Waals surface area contributed by atoms with Crippen LogP contribution in [0.3, 0.4) is 0 Å². The Morgan fingerprint density at radius 2 is 2.17 bits per heavy atom. The van der Waals surface area contributed by atoms with Gasteiger partial charge in [-0.25, -0.2) is 0 Å². The molecule has 2 heterocycles. The van der Waals surface area contributed by atoms with Crippen molar-refractivity contribution in [3.63, 3.8) is 0 Å². The van der Waals surface area contributed by atoms with Crippen LogP contribution in [0, 0.1) is 0 Å². The van der Waals surface area contributed by atoms with E-state index in [0.29, 0.717) is 11.4 Å². The fraction of sp³-hybridized carbons (Fsp3) is 0.545. The van der Waals surface area contributed by atoms with Gasteiger partial charge in [-0.3, -0.25) is 14.6 Å². The molecule has 0 saturated carbocycles. The second kappa shape index (κ2) is 5.45. The van der Waals surface area contributed by atoms with Gasteiger partial charge in [-0.1, -0.05) is 0 Å². The van der Waals surface area contributed by atoms with E-state index in [9.17, 15) is 9.59 Å². The molecule has 18 heavy (non-hydrogen) atoms. The lowest BCUT2D eigenvalue weighted by molar-refractivity contribution is -0.118. The first-order chi connectivity index (χ1) is 8.63. The summed E-state index contributed by atoms with van der Waals surface area (Å²) in [7, 11) is 0. The summed E-state index contributed by atoms with van der Waals surface area (Å²) in [5, 5.41) is 0. The highest BCUT2D eigenvalue weighted by Gasteiger charge is 2.37. The number of hydrogen-bond donors (Lipinski definition) is 2. The Morgan fingerprint density at radius 1 is 1.44 bits per heavy atom. The summed E-state index contributed by atoms with van der Waals surface area (Å²) in [5.41, 5.74) is 12.5. The van der Waals surface area contributed by atoms with E-state index in [2.05, 4.69) is 4.98 Å². The Balaban J connectivity index is 2.19. The van der Waals surface area contributed by atoms with Gasteiger partial charge < -0.3 is 16.4 Å². The molecule has 2 atom stereocenters. The maximum absolute atomic E-state index is 12.4. The number of aromatic nitrogens is 1. The van der Waals surface area contributed by atoms with E-state index in [1.807, 2.05) is 0 Å². The summed E-state index contributed by atoms with van der Waals surface area (Å²) in [4.78, 5) is 29.6. The smallest absolute Gasteiger partial charge is 0.266 e. The predicted molar refractivity (Wildman–Crippen MR) is 68.0 cm³/mol. The Labute approximate surface area is 109 Å². The second-order valence-electron chi connectivity index (χ2n) is 4.37. The summed E-state index contributed by atoms with van der Waals surface area (Å²) in [6, 6.07) is -0.144. The molecule has 1 aromatic rings. The lowest BCUT2D eigenvalue weighted by Gasteiger charge is -2.28. The number of carbonyl (C=O) groups excluding carboxylic acids is 2. The zero-order valence-corrected chi connectivity index (χ0v) is 10.7. The number of thiazole rings is 1. The third kappa shape index (κ3) is 2.51. The molecule has 2 amide bonds. The average molecular weight is 268 g/mol. The lowest BCUT2D eigenvalue weighted by Crippen LogP contribution is -2.45. The number of hydrogen-bond acceptors (Lipinski definition) is 5. The molecule has 6 nitrogen and oxygen atoms in total. The number of amides is 2. The molecule has 0 unspecified atom stereocenters. The van der Waals surface area contributed by atoms with Crippen LogP contribution in [0.15, 0.2) is 11.7 Å². The number of likely N-dealkylation sites (tertiary alicyclic amines) is 1. The molecule has 7 heteroatoms. The van der Waals surface area contributed by atoms with Crippen molar-refractivity contribution < 1.29 is 9.59 Å². The minimum absolute atomic E-state index is 0.0102. The first-order valence-corrected chi connectivity index (χ1v) is 6.71. The van der Waals surface area contributed by atoms with Crippen LogP contribution in [0.2, 0.25) is 0 Å². The van der Waals surface area contributed by atoms with Crippen molar-refractivity contribution in [1.29, 1.82) is 0 Å². The topological polar surface area (TPSA) is 102 Å². The molecule has 0 radical (unpaired) electrons. The Hall–Kier alpha value is -1.47. The zero-order chi connectivity index (χ0) is 13.1. The number of nitrogens with zero attached hydrogens (tertiary/aromatic N) is 2. The standard InChI is InChI=1S/C11H16N4O2S/c12-4-8-2-1-7(3-10(13)16)15(8)11(17)9-5-14-6-18-9/h5-8H,1-4,12H2,(H2,13,16)/t7-,8+/m1/s1. The third-order valence-electron chi connectivity index (χ3n) is 3.21. The molecular formula is C11H16N4O2S. The van der Waals surface area contributed by atoms with Crippen molar-refractivity contribution in [3.8, 4) is 0 Å². The van der Waals surface area contributed by atoms with Gasteiger partial charge in [0.05, 0.1) is 11.7 Å². The first-order valence-electron chi connectivity index (χ1n) is 5.83. The van der Waals surface area contributed by atoms with E-state index in [4.69, 9.17) is 11.5 Å². The molecule has 1 aliphatic heterocycles. The second-order valence-corrected chi connectivity index (χ2v) is 5.26. The van der Waals surface area contributed by atoms with Crippen molar-refractivity contribution in [3.05, 3.63) is 16.6 Å². The molecule has 1 fully saturated rings. The van der Waals surface area contributed by atoms with Crippen LogP contribution in [0.5, 0.6) is 0 Å². The fourth-order valence-corrected chi connectivity index (χ4v) is 2.97. The number of rotatable bonds is 4. The van der Waals surface area contributed by atoms with E-state index in [1.165, 1.54) is 11.3 Å². The Kier molecular flexibility index (Phi) is 3.93. The zero-order valence-electron chi connectivity index (χ0n) is 9.91. The molecule has 0 bridgehead atoms. The molecule has 98 valence electrons. The molecule has 0 aromatic carbocycles. The van der Waals surface area contributed by atoms with E-state index in [0.717, 1.165) is 12.8 Å². The summed E-state index contributed by atoms with van der Waals surface area (Å²) >= 11 is 1.29. The van der Waals surface area contributed by atoms with Crippen LogP contribution in [-0.4, -0.2) is 40.3 Å². The summed E-state index contributed by atoms with van der Waals surface area (Å²) in [5.74, 6) is -0.489. The first kappa shape index (κ1) is 13.0. The molecule has 1 aliphatic rings. The third-order valence-corrected chi connectivity index (χ3v) is 3.97. The van der Waals surface area contributed by atoms with Gasteiger partial charge in [0.2, 0.25) is 5.91 Å². The van der Waals surface area contributed by atoms with E-state index < -0.39 is 0 Å². The van der Waals surface area contributed by atoms with E-state index in [1.54, 1.807) is 16.6 Å². The number of primary amides is 1. The molecule has 0 spiro atoms. The van der Waals surface area contributed by atoms with E-state index >= 15 is 0 Å². The van der Waals surface area contributed by atoms with Crippen LogP contribution >= 0.6 is 11.3 Å². The largest absolute Gasteiger partial charge is 0.370 e. The molecule has 4 N–H and O–H groups in total. The maximum atomic E-state index is 12.4. The van der Waals surface area contributed by atoms with Crippen molar-refractivity contribution >= 4 is 23.2 Å². The van der Waals surface area contributed by atoms with Gasteiger partial charge in [-0.05, 0) is 12.8 Å². The van der Waals surface area contributed by atoms with Crippen molar-refractivity contribution in [1.82, 2.24) is 9.88 Å². The summed E-state index contributed by atoms with van der Waals surface area (Å²) < 4.78 is 0.